The minimum Gasteiger partial charge on any atom is -0.327 e. The molecule has 0 aromatic rings. The Morgan fingerprint density at radius 1 is 1.70 bits per heavy atom. The van der Waals surface area contributed by atoms with Crippen molar-refractivity contribution in [2.45, 2.75) is 13.3 Å². The third-order valence-electron chi connectivity index (χ3n) is 2.03. The number of likely N-dealkylation sites (tertiary alicyclic amines) is 1. The summed E-state index contributed by atoms with van der Waals surface area (Å²) in [7, 11) is 0. The minimum atomic E-state index is 0.701. The molecule has 0 atom stereocenters. The van der Waals surface area contributed by atoms with Crippen LogP contribution in [0.15, 0.2) is 11.6 Å². The van der Waals surface area contributed by atoms with Crippen molar-refractivity contribution in [3.63, 3.8) is 0 Å². The second-order valence-electron chi connectivity index (χ2n) is 2.72. The van der Waals surface area contributed by atoms with Crippen molar-refractivity contribution in [3.8, 4) is 0 Å². The van der Waals surface area contributed by atoms with Crippen LogP contribution in [0, 0.1) is 0 Å². The molecule has 1 aliphatic rings. The zero-order valence-electron chi connectivity index (χ0n) is 6.64. The number of nitrogens with two attached hydrogens (primary N) is 1. The van der Waals surface area contributed by atoms with E-state index in [0.717, 1.165) is 6.54 Å². The Morgan fingerprint density at radius 2 is 2.50 bits per heavy atom. The Labute approximate surface area is 62.7 Å². The number of nitrogens with zero attached hydrogens (tertiary/aromatic N) is 1. The summed E-state index contributed by atoms with van der Waals surface area (Å²) in [4.78, 5) is 2.43. The highest BCUT2D eigenvalue weighted by Crippen LogP contribution is 2.13. The summed E-state index contributed by atoms with van der Waals surface area (Å²) in [6, 6.07) is 0. The lowest BCUT2D eigenvalue weighted by atomic mass is 10.2. The van der Waals surface area contributed by atoms with Gasteiger partial charge in [-0.05, 0) is 13.0 Å². The topological polar surface area (TPSA) is 29.3 Å². The maximum atomic E-state index is 5.40. The normalized spacial score (nSPS) is 24.4. The molecule has 1 heterocycles. The Hall–Kier alpha value is -0.340. The van der Waals surface area contributed by atoms with E-state index in [4.69, 9.17) is 5.73 Å². The first-order valence-electron chi connectivity index (χ1n) is 3.97. The van der Waals surface area contributed by atoms with Gasteiger partial charge in [0, 0.05) is 19.6 Å². The molecular weight excluding hydrogens is 124 g/mol. The number of hydrogen-bond donors (Lipinski definition) is 1. The fraction of sp³-hybridized carbons (Fsp3) is 0.750. The highest BCUT2D eigenvalue weighted by atomic mass is 15.1. The molecule has 0 unspecified atom stereocenters. The fourth-order valence-electron chi connectivity index (χ4n) is 1.35. The number of rotatable bonds is 2. The van der Waals surface area contributed by atoms with Gasteiger partial charge < -0.3 is 5.73 Å². The molecule has 0 aliphatic carbocycles. The van der Waals surface area contributed by atoms with E-state index in [1.165, 1.54) is 25.1 Å². The van der Waals surface area contributed by atoms with Crippen LogP contribution in [0.3, 0.4) is 0 Å². The summed E-state index contributed by atoms with van der Waals surface area (Å²) < 4.78 is 0. The van der Waals surface area contributed by atoms with Gasteiger partial charge in [0.25, 0.3) is 0 Å². The van der Waals surface area contributed by atoms with E-state index in [1.807, 2.05) is 0 Å². The van der Waals surface area contributed by atoms with Crippen molar-refractivity contribution in [2.24, 2.45) is 5.73 Å². The molecule has 0 amide bonds. The third kappa shape index (κ3) is 1.82. The molecule has 0 radical (unpaired) electrons. The lowest BCUT2D eigenvalue weighted by molar-refractivity contribution is 0.365. The van der Waals surface area contributed by atoms with Crippen molar-refractivity contribution in [1.29, 1.82) is 0 Å². The van der Waals surface area contributed by atoms with Gasteiger partial charge in [-0.3, -0.25) is 4.90 Å². The Morgan fingerprint density at radius 3 is 3.00 bits per heavy atom. The zero-order chi connectivity index (χ0) is 7.40. The molecule has 0 spiro atoms. The average Bonchev–Trinajstić information content (AvgIpc) is 2.37. The van der Waals surface area contributed by atoms with Crippen LogP contribution in [-0.2, 0) is 0 Å². The first-order valence-corrected chi connectivity index (χ1v) is 3.97. The molecule has 0 aromatic heterocycles. The van der Waals surface area contributed by atoms with Gasteiger partial charge in [-0.15, -0.1) is 0 Å². The van der Waals surface area contributed by atoms with Crippen molar-refractivity contribution in [3.05, 3.63) is 11.6 Å². The second kappa shape index (κ2) is 3.74. The van der Waals surface area contributed by atoms with Gasteiger partial charge >= 0.3 is 0 Å². The number of likely N-dealkylation sites (N-methyl/N-ethyl adjacent to an activating group) is 1. The third-order valence-corrected chi connectivity index (χ3v) is 2.03. The monoisotopic (exact) mass is 140 g/mol. The second-order valence-corrected chi connectivity index (χ2v) is 2.72. The van der Waals surface area contributed by atoms with Crippen LogP contribution >= 0.6 is 0 Å². The molecule has 1 rings (SSSR count). The average molecular weight is 140 g/mol. The van der Waals surface area contributed by atoms with Crippen molar-refractivity contribution in [2.75, 3.05) is 26.2 Å². The maximum absolute atomic E-state index is 5.40. The van der Waals surface area contributed by atoms with Gasteiger partial charge in [0.05, 0.1) is 0 Å². The van der Waals surface area contributed by atoms with E-state index < -0.39 is 0 Å². The smallest absolute Gasteiger partial charge is 0.0193 e. The van der Waals surface area contributed by atoms with Crippen LogP contribution in [0.5, 0.6) is 0 Å². The summed E-state index contributed by atoms with van der Waals surface area (Å²) in [6.07, 6.45) is 3.38. The van der Waals surface area contributed by atoms with Crippen LogP contribution in [-0.4, -0.2) is 31.1 Å². The van der Waals surface area contributed by atoms with Crippen LogP contribution < -0.4 is 5.73 Å². The largest absolute Gasteiger partial charge is 0.327 e. The first-order chi connectivity index (χ1) is 4.86. The van der Waals surface area contributed by atoms with Crippen LogP contribution in [0.1, 0.15) is 13.3 Å². The van der Waals surface area contributed by atoms with E-state index in [-0.39, 0.29) is 0 Å². The molecule has 2 N–H and O–H groups in total. The summed E-state index contributed by atoms with van der Waals surface area (Å²) in [5.41, 5.74) is 6.92. The Kier molecular flexibility index (Phi) is 2.90. The van der Waals surface area contributed by atoms with Gasteiger partial charge in [-0.2, -0.15) is 0 Å². The highest BCUT2D eigenvalue weighted by molar-refractivity contribution is 5.09. The maximum Gasteiger partial charge on any atom is 0.0193 e. The van der Waals surface area contributed by atoms with Gasteiger partial charge in [-0.25, -0.2) is 0 Å². The van der Waals surface area contributed by atoms with Crippen LogP contribution in [0.4, 0.5) is 0 Å². The Bertz CT molecular complexity index is 129. The molecule has 1 fully saturated rings. The predicted octanol–water partition coefficient (Wildman–Crippen LogP) is 0.597. The molecule has 10 heavy (non-hydrogen) atoms. The zero-order valence-corrected chi connectivity index (χ0v) is 6.64. The van der Waals surface area contributed by atoms with Gasteiger partial charge in [0.15, 0.2) is 0 Å². The summed E-state index contributed by atoms with van der Waals surface area (Å²) in [6.45, 7) is 6.44. The van der Waals surface area contributed by atoms with E-state index in [2.05, 4.69) is 17.9 Å². The molecular formula is C8H16N2. The first kappa shape index (κ1) is 7.76. The molecule has 2 heteroatoms. The standard InChI is InChI=1S/C8H16N2/c1-2-10-6-4-8(7-10)3-5-9/h3H,2,4-7,9H2,1H3/b8-3-. The van der Waals surface area contributed by atoms with E-state index in [0.29, 0.717) is 6.54 Å². The lowest BCUT2D eigenvalue weighted by Gasteiger charge is -2.08. The van der Waals surface area contributed by atoms with Gasteiger partial charge in [-0.1, -0.05) is 18.6 Å². The Balaban J connectivity index is 2.35. The predicted molar refractivity (Wildman–Crippen MR) is 43.9 cm³/mol. The molecule has 0 aromatic carbocycles. The van der Waals surface area contributed by atoms with Crippen molar-refractivity contribution >= 4 is 0 Å². The molecule has 58 valence electrons. The lowest BCUT2D eigenvalue weighted by Crippen LogP contribution is -2.18. The molecule has 2 nitrogen and oxygen atoms in total. The molecule has 1 aliphatic heterocycles. The minimum absolute atomic E-state index is 0.701. The summed E-state index contributed by atoms with van der Waals surface area (Å²) in [5, 5.41) is 0. The SMILES string of the molecule is CCN1CC/C(=C/CN)C1. The number of hydrogen-bond acceptors (Lipinski definition) is 2. The highest BCUT2D eigenvalue weighted by Gasteiger charge is 2.12. The quantitative estimate of drug-likeness (QED) is 0.569. The molecule has 0 bridgehead atoms. The van der Waals surface area contributed by atoms with Crippen LogP contribution in [0.25, 0.3) is 0 Å². The van der Waals surface area contributed by atoms with Crippen molar-refractivity contribution < 1.29 is 0 Å². The molecule has 0 saturated carbocycles. The van der Waals surface area contributed by atoms with E-state index in [1.54, 1.807) is 0 Å². The fourth-order valence-corrected chi connectivity index (χ4v) is 1.35. The van der Waals surface area contributed by atoms with Gasteiger partial charge in [0.2, 0.25) is 0 Å². The van der Waals surface area contributed by atoms with Crippen LogP contribution in [0.2, 0.25) is 0 Å². The van der Waals surface area contributed by atoms with E-state index in [9.17, 15) is 0 Å². The van der Waals surface area contributed by atoms with Crippen molar-refractivity contribution in [1.82, 2.24) is 4.90 Å². The summed E-state index contributed by atoms with van der Waals surface area (Å²) in [5.74, 6) is 0. The van der Waals surface area contributed by atoms with E-state index >= 15 is 0 Å². The summed E-state index contributed by atoms with van der Waals surface area (Å²) >= 11 is 0. The molecule has 1 saturated heterocycles. The van der Waals surface area contributed by atoms with Gasteiger partial charge in [0.1, 0.15) is 0 Å².